The minimum absolute atomic E-state index is 0.127. The van der Waals surface area contributed by atoms with Crippen LogP contribution in [0.3, 0.4) is 0 Å². The lowest BCUT2D eigenvalue weighted by Crippen LogP contribution is -2.49. The summed E-state index contributed by atoms with van der Waals surface area (Å²) in [5.74, 6) is -0.431. The molecule has 0 aromatic carbocycles. The van der Waals surface area contributed by atoms with Crippen LogP contribution in [-0.4, -0.2) is 56.3 Å². The van der Waals surface area contributed by atoms with Gasteiger partial charge in [0.1, 0.15) is 0 Å². The first-order valence-electron chi connectivity index (χ1n) is 10.5. The van der Waals surface area contributed by atoms with E-state index in [0.717, 1.165) is 19.4 Å². The van der Waals surface area contributed by atoms with Gasteiger partial charge in [-0.25, -0.2) is 0 Å². The van der Waals surface area contributed by atoms with Crippen LogP contribution in [0.1, 0.15) is 70.0 Å². The molecular weight excluding hydrogens is 304 g/mol. The lowest BCUT2D eigenvalue weighted by molar-refractivity contribution is -0.235. The normalized spacial score (nSPS) is 28.1. The fourth-order valence-electron chi connectivity index (χ4n) is 3.43. The molecule has 2 unspecified atom stereocenters. The predicted octanol–water partition coefficient (Wildman–Crippen LogP) is 3.08. The van der Waals surface area contributed by atoms with Gasteiger partial charge in [-0.3, -0.25) is 0 Å². The first-order chi connectivity index (χ1) is 12.1. The van der Waals surface area contributed by atoms with Gasteiger partial charge in [0, 0.05) is 28.6 Å². The Labute approximate surface area is 152 Å². The smallest absolute Gasteiger partial charge is 0.180 e. The van der Waals surface area contributed by atoms with Crippen molar-refractivity contribution in [2.45, 2.75) is 90.7 Å². The Morgan fingerprint density at radius 2 is 1.46 bits per heavy atom. The van der Waals surface area contributed by atoms with Crippen LogP contribution >= 0.6 is 0 Å². The Morgan fingerprint density at radius 3 is 1.88 bits per heavy atom. The maximum absolute atomic E-state index is 7.53. The van der Waals surface area contributed by atoms with Crippen molar-refractivity contribution < 1.29 is 17.0 Å². The molecule has 2 aliphatic heterocycles. The summed E-state index contributed by atoms with van der Waals surface area (Å²) >= 11 is 0. The topological polar surface area (TPSA) is 51.8 Å². The molecular formula is C19H40N2O3. The molecule has 2 heterocycles. The molecule has 0 radical (unpaired) electrons. The molecule has 5 heteroatoms. The second-order valence-electron chi connectivity index (χ2n) is 6.98. The van der Waals surface area contributed by atoms with E-state index in [0.29, 0.717) is 32.3 Å². The lowest BCUT2D eigenvalue weighted by atomic mass is 9.97. The van der Waals surface area contributed by atoms with Crippen molar-refractivity contribution in [3.63, 3.8) is 0 Å². The lowest BCUT2D eigenvalue weighted by Gasteiger charge is -2.34. The molecule has 24 heavy (non-hydrogen) atoms. The highest BCUT2D eigenvalue weighted by molar-refractivity contribution is 4.89. The molecule has 2 N–H and O–H groups in total. The molecule has 2 aliphatic rings. The largest absolute Gasteiger partial charge is 0.374 e. The molecule has 0 aromatic rings. The maximum Gasteiger partial charge on any atom is 0.180 e. The maximum atomic E-state index is 7.53. The molecule has 5 nitrogen and oxygen atoms in total. The third-order valence-electron chi connectivity index (χ3n) is 4.74. The fraction of sp³-hybridized carbons (Fsp3) is 1.00. The minimum atomic E-state index is -1.21. The molecule has 2 atom stereocenters. The molecule has 0 spiro atoms. The molecule has 0 bridgehead atoms. The zero-order valence-electron chi connectivity index (χ0n) is 18.5. The third-order valence-corrected chi connectivity index (χ3v) is 4.74. The monoisotopic (exact) mass is 346 g/mol. The zero-order chi connectivity index (χ0) is 19.8. The van der Waals surface area contributed by atoms with Crippen molar-refractivity contribution in [3.8, 4) is 0 Å². The van der Waals surface area contributed by atoms with Gasteiger partial charge in [0.2, 0.25) is 0 Å². The molecule has 2 rings (SSSR count). The molecule has 0 saturated carbocycles. The number of ether oxygens (including phenoxy) is 3. The van der Waals surface area contributed by atoms with Gasteiger partial charge in [-0.1, -0.05) is 0 Å². The van der Waals surface area contributed by atoms with Crippen molar-refractivity contribution in [2.75, 3.05) is 32.9 Å². The summed E-state index contributed by atoms with van der Waals surface area (Å²) in [4.78, 5) is 0. The Kier molecular flexibility index (Phi) is 8.30. The van der Waals surface area contributed by atoms with Crippen molar-refractivity contribution in [1.82, 2.24) is 10.6 Å². The fourth-order valence-corrected chi connectivity index (χ4v) is 3.43. The summed E-state index contributed by atoms with van der Waals surface area (Å²) in [6.07, 6.45) is 3.80. The van der Waals surface area contributed by atoms with Gasteiger partial charge in [-0.2, -0.15) is 0 Å². The van der Waals surface area contributed by atoms with Gasteiger partial charge in [0.05, 0.1) is 11.6 Å². The molecule has 2 fully saturated rings. The van der Waals surface area contributed by atoms with E-state index >= 15 is 0 Å². The van der Waals surface area contributed by atoms with E-state index in [1.54, 1.807) is 0 Å². The average molecular weight is 347 g/mol. The van der Waals surface area contributed by atoms with Crippen molar-refractivity contribution in [1.29, 1.82) is 0 Å². The van der Waals surface area contributed by atoms with Gasteiger partial charge < -0.3 is 24.8 Å². The molecule has 0 aliphatic carbocycles. The number of rotatable bonds is 8. The van der Waals surface area contributed by atoms with E-state index in [1.807, 2.05) is 41.5 Å². The van der Waals surface area contributed by atoms with Gasteiger partial charge in [-0.15, -0.1) is 0 Å². The molecule has 0 aromatic heterocycles. The van der Waals surface area contributed by atoms with Crippen LogP contribution in [0.25, 0.3) is 0 Å². The second-order valence-corrected chi connectivity index (χ2v) is 6.98. The van der Waals surface area contributed by atoms with Crippen molar-refractivity contribution in [3.05, 3.63) is 0 Å². The Morgan fingerprint density at radius 1 is 0.875 bits per heavy atom. The van der Waals surface area contributed by atoms with E-state index in [1.165, 1.54) is 6.42 Å². The minimum Gasteiger partial charge on any atom is -0.374 e. The van der Waals surface area contributed by atoms with Crippen LogP contribution < -0.4 is 10.6 Å². The highest BCUT2D eigenvalue weighted by atomic mass is 16.7. The van der Waals surface area contributed by atoms with E-state index in [2.05, 4.69) is 10.6 Å². The number of nitrogens with one attached hydrogen (secondary N) is 2. The summed E-state index contributed by atoms with van der Waals surface area (Å²) in [5.41, 5.74) is -0.265. The highest BCUT2D eigenvalue weighted by Crippen LogP contribution is 2.24. The summed E-state index contributed by atoms with van der Waals surface area (Å²) in [5, 5.41) is 6.38. The summed E-state index contributed by atoms with van der Waals surface area (Å²) < 4.78 is 32.0. The summed E-state index contributed by atoms with van der Waals surface area (Å²) in [7, 11) is 0. The summed E-state index contributed by atoms with van der Waals surface area (Å²) in [6, 6.07) is 0.481. The average Bonchev–Trinajstić information content (AvgIpc) is 3.18. The van der Waals surface area contributed by atoms with Crippen molar-refractivity contribution >= 4 is 0 Å². The van der Waals surface area contributed by atoms with Crippen LogP contribution in [0.4, 0.5) is 0 Å². The van der Waals surface area contributed by atoms with Crippen LogP contribution in [0, 0.1) is 0 Å². The van der Waals surface area contributed by atoms with Gasteiger partial charge in [0.25, 0.3) is 0 Å². The predicted molar refractivity (Wildman–Crippen MR) is 99.4 cm³/mol. The van der Waals surface area contributed by atoms with E-state index in [4.69, 9.17) is 17.0 Å². The Bertz CT molecular complexity index is 396. The molecule has 144 valence electrons. The number of hydrogen-bond donors (Lipinski definition) is 2. The van der Waals surface area contributed by atoms with Gasteiger partial charge in [-0.05, 0) is 80.3 Å². The summed E-state index contributed by atoms with van der Waals surface area (Å²) in [6.45, 7) is 14.0. The van der Waals surface area contributed by atoms with Crippen LogP contribution in [-0.2, 0) is 14.2 Å². The number of hydrogen-bond acceptors (Lipinski definition) is 5. The van der Waals surface area contributed by atoms with Gasteiger partial charge >= 0.3 is 0 Å². The van der Waals surface area contributed by atoms with Crippen LogP contribution in [0.2, 0.25) is 0 Å². The first-order valence-corrected chi connectivity index (χ1v) is 9.53. The first kappa shape index (κ1) is 18.6. The standard InChI is InChI=1S/C10H21NO2.C9H19NO/c1-4-12-10(3,13-5-2)9-7-6-8-11-9;1-4-11-9(2,3)8-6-5-7-10-8/h9,11H,4-8H2,1-3H3;8,10H,4-7H2,1-3H3/i;7D2. The van der Waals surface area contributed by atoms with E-state index < -0.39 is 12.3 Å². The SMILES string of the molecule is CCOC(C)(OCC)C1CCCN1.[2H]C1([2H])CCC(C(C)(C)OCC)N1. The van der Waals surface area contributed by atoms with Gasteiger partial charge in [0.15, 0.2) is 5.79 Å². The van der Waals surface area contributed by atoms with Crippen LogP contribution in [0.5, 0.6) is 0 Å². The highest BCUT2D eigenvalue weighted by Gasteiger charge is 2.37. The van der Waals surface area contributed by atoms with E-state index in [9.17, 15) is 0 Å². The van der Waals surface area contributed by atoms with E-state index in [-0.39, 0.29) is 11.6 Å². The molecule has 0 amide bonds. The Balaban J connectivity index is 0.000000260. The third kappa shape index (κ3) is 6.60. The quantitative estimate of drug-likeness (QED) is 0.662. The van der Waals surface area contributed by atoms with Crippen molar-refractivity contribution in [2.24, 2.45) is 0 Å². The van der Waals surface area contributed by atoms with Crippen LogP contribution in [0.15, 0.2) is 0 Å². The zero-order valence-corrected chi connectivity index (χ0v) is 16.5. The Hall–Kier alpha value is -0.200. The molecule has 2 saturated heterocycles. The second kappa shape index (κ2) is 10.7.